The van der Waals surface area contributed by atoms with Gasteiger partial charge in [0.05, 0.1) is 24.4 Å². The summed E-state index contributed by atoms with van der Waals surface area (Å²) in [5, 5.41) is 0.697. The lowest BCUT2D eigenvalue weighted by molar-refractivity contribution is 0.0984. The van der Waals surface area contributed by atoms with Crippen molar-refractivity contribution in [2.45, 2.75) is 13.8 Å². The van der Waals surface area contributed by atoms with Crippen LogP contribution in [0.4, 0.5) is 5.13 Å². The summed E-state index contributed by atoms with van der Waals surface area (Å²) < 4.78 is 11.8. The Hall–Kier alpha value is -2.35. The number of thiazole rings is 1. The van der Waals surface area contributed by atoms with Gasteiger partial charge >= 0.3 is 0 Å². The third kappa shape index (κ3) is 5.22. The third-order valence-corrected chi connectivity index (χ3v) is 5.69. The minimum atomic E-state index is -0.127. The average molecular weight is 450 g/mol. The van der Waals surface area contributed by atoms with Crippen LogP contribution in [0.2, 0.25) is 0 Å². The van der Waals surface area contributed by atoms with Crippen molar-refractivity contribution in [3.8, 4) is 11.5 Å². The molecule has 0 aliphatic rings. The van der Waals surface area contributed by atoms with E-state index in [1.807, 2.05) is 14.1 Å². The number of rotatable bonds is 7. The fourth-order valence-electron chi connectivity index (χ4n) is 3.15. The number of halogens is 1. The van der Waals surface area contributed by atoms with Gasteiger partial charge in [0.15, 0.2) is 5.13 Å². The molecule has 0 radical (unpaired) electrons. The number of nitrogens with zero attached hydrogens (tertiary/aromatic N) is 3. The Bertz CT molecular complexity index is 1010. The lowest BCUT2D eigenvalue weighted by Gasteiger charge is -2.22. The smallest absolute Gasteiger partial charge is 0.260 e. The molecule has 1 aromatic heterocycles. The molecule has 0 N–H and O–H groups in total. The molecule has 0 bridgehead atoms. The molecule has 2 aromatic carbocycles. The molecule has 162 valence electrons. The molecule has 0 spiro atoms. The first-order valence-electron chi connectivity index (χ1n) is 9.40. The Balaban J connectivity index is 0.00000320. The van der Waals surface area contributed by atoms with E-state index in [0.29, 0.717) is 28.7 Å². The second-order valence-corrected chi connectivity index (χ2v) is 8.30. The summed E-state index contributed by atoms with van der Waals surface area (Å²) >= 11 is 1.54. The Morgan fingerprint density at radius 1 is 1.00 bits per heavy atom. The highest BCUT2D eigenvalue weighted by Crippen LogP contribution is 2.33. The summed E-state index contributed by atoms with van der Waals surface area (Å²) in [5.74, 6) is 1.03. The standard InChI is InChI=1S/C22H27N3O3S.ClH/c1-14-9-15(2)20-19(10-14)29-22(23-20)25(8-7-24(3)4)21(26)16-11-17(27-5)13-18(12-16)28-6;/h9-13H,7-8H2,1-6H3;1H. The first-order valence-corrected chi connectivity index (χ1v) is 10.2. The van der Waals surface area contributed by atoms with E-state index in [2.05, 4.69) is 30.9 Å². The normalized spacial score (nSPS) is 10.8. The average Bonchev–Trinajstić information content (AvgIpc) is 3.11. The summed E-state index contributed by atoms with van der Waals surface area (Å²) in [6.07, 6.45) is 0. The molecule has 0 unspecified atom stereocenters. The quantitative estimate of drug-likeness (QED) is 0.529. The minimum Gasteiger partial charge on any atom is -0.497 e. The monoisotopic (exact) mass is 449 g/mol. The van der Waals surface area contributed by atoms with Gasteiger partial charge in [-0.1, -0.05) is 17.4 Å². The van der Waals surface area contributed by atoms with Crippen molar-refractivity contribution >= 4 is 45.0 Å². The molecular formula is C22H28ClN3O3S. The van der Waals surface area contributed by atoms with Crippen LogP contribution >= 0.6 is 23.7 Å². The van der Waals surface area contributed by atoms with E-state index in [1.54, 1.807) is 48.7 Å². The lowest BCUT2D eigenvalue weighted by atomic mass is 10.1. The molecule has 0 atom stereocenters. The van der Waals surface area contributed by atoms with Crippen molar-refractivity contribution in [2.24, 2.45) is 0 Å². The van der Waals surface area contributed by atoms with Crippen LogP contribution in [0.1, 0.15) is 21.5 Å². The van der Waals surface area contributed by atoms with Gasteiger partial charge in [-0.25, -0.2) is 4.98 Å². The Kier molecular flexibility index (Phi) is 8.06. The van der Waals surface area contributed by atoms with E-state index in [4.69, 9.17) is 14.5 Å². The van der Waals surface area contributed by atoms with Crippen LogP contribution < -0.4 is 14.4 Å². The Labute approximate surface area is 187 Å². The summed E-state index contributed by atoms with van der Waals surface area (Å²) in [4.78, 5) is 22.1. The molecule has 3 aromatic rings. The fourth-order valence-corrected chi connectivity index (χ4v) is 4.31. The van der Waals surface area contributed by atoms with E-state index in [9.17, 15) is 4.79 Å². The Morgan fingerprint density at radius 2 is 1.63 bits per heavy atom. The van der Waals surface area contributed by atoms with Crippen molar-refractivity contribution in [2.75, 3.05) is 46.3 Å². The number of anilines is 1. The zero-order valence-corrected chi connectivity index (χ0v) is 19.8. The van der Waals surface area contributed by atoms with E-state index in [-0.39, 0.29) is 18.3 Å². The van der Waals surface area contributed by atoms with Crippen LogP contribution in [-0.4, -0.2) is 57.2 Å². The molecule has 0 saturated carbocycles. The van der Waals surface area contributed by atoms with Crippen LogP contribution in [-0.2, 0) is 0 Å². The van der Waals surface area contributed by atoms with E-state index in [1.165, 1.54) is 5.56 Å². The van der Waals surface area contributed by atoms with Crippen molar-refractivity contribution < 1.29 is 14.3 Å². The second-order valence-electron chi connectivity index (χ2n) is 7.29. The number of carbonyl (C=O) groups is 1. The minimum absolute atomic E-state index is 0. The van der Waals surface area contributed by atoms with Crippen molar-refractivity contribution in [1.82, 2.24) is 9.88 Å². The number of carbonyl (C=O) groups excluding carboxylic acids is 1. The molecule has 3 rings (SSSR count). The van der Waals surface area contributed by atoms with Gasteiger partial charge in [0.2, 0.25) is 0 Å². The van der Waals surface area contributed by atoms with E-state index >= 15 is 0 Å². The van der Waals surface area contributed by atoms with E-state index < -0.39 is 0 Å². The lowest BCUT2D eigenvalue weighted by Crippen LogP contribution is -2.36. The predicted molar refractivity (Wildman–Crippen MR) is 126 cm³/mol. The van der Waals surface area contributed by atoms with Crippen molar-refractivity contribution in [3.05, 3.63) is 47.0 Å². The van der Waals surface area contributed by atoms with Gasteiger partial charge in [0.25, 0.3) is 5.91 Å². The number of benzene rings is 2. The van der Waals surface area contributed by atoms with Gasteiger partial charge in [0, 0.05) is 24.7 Å². The summed E-state index contributed by atoms with van der Waals surface area (Å²) in [5.41, 5.74) is 3.76. The highest BCUT2D eigenvalue weighted by molar-refractivity contribution is 7.22. The van der Waals surface area contributed by atoms with Gasteiger partial charge < -0.3 is 14.4 Å². The number of hydrogen-bond donors (Lipinski definition) is 0. The summed E-state index contributed by atoms with van der Waals surface area (Å²) in [6, 6.07) is 9.45. The summed E-state index contributed by atoms with van der Waals surface area (Å²) in [7, 11) is 7.13. The molecule has 30 heavy (non-hydrogen) atoms. The molecule has 0 fully saturated rings. The topological polar surface area (TPSA) is 54.9 Å². The number of fused-ring (bicyclic) bond motifs is 1. The number of hydrogen-bond acceptors (Lipinski definition) is 6. The second kappa shape index (κ2) is 10.1. The van der Waals surface area contributed by atoms with Crippen LogP contribution in [0, 0.1) is 13.8 Å². The number of likely N-dealkylation sites (N-methyl/N-ethyl adjacent to an activating group) is 1. The Morgan fingerprint density at radius 3 is 2.20 bits per heavy atom. The van der Waals surface area contributed by atoms with Crippen LogP contribution in [0.25, 0.3) is 10.2 Å². The van der Waals surface area contributed by atoms with Gasteiger partial charge in [-0.05, 0) is 57.3 Å². The number of aryl methyl sites for hydroxylation is 2. The predicted octanol–water partition coefficient (Wildman–Crippen LogP) is 4.56. The maximum atomic E-state index is 13.5. The van der Waals surface area contributed by atoms with Gasteiger partial charge in [-0.3, -0.25) is 9.69 Å². The van der Waals surface area contributed by atoms with Crippen LogP contribution in [0.15, 0.2) is 30.3 Å². The fraction of sp³-hybridized carbons (Fsp3) is 0.364. The third-order valence-electron chi connectivity index (χ3n) is 4.66. The highest BCUT2D eigenvalue weighted by atomic mass is 35.5. The largest absolute Gasteiger partial charge is 0.497 e. The zero-order chi connectivity index (χ0) is 21.1. The molecule has 8 heteroatoms. The molecule has 1 heterocycles. The van der Waals surface area contributed by atoms with Gasteiger partial charge in [-0.2, -0.15) is 0 Å². The molecule has 0 saturated heterocycles. The molecule has 0 aliphatic heterocycles. The first kappa shape index (κ1) is 23.9. The number of methoxy groups -OCH3 is 2. The zero-order valence-electron chi connectivity index (χ0n) is 18.2. The van der Waals surface area contributed by atoms with Crippen LogP contribution in [0.3, 0.4) is 0 Å². The van der Waals surface area contributed by atoms with Crippen molar-refractivity contribution in [3.63, 3.8) is 0 Å². The molecular weight excluding hydrogens is 422 g/mol. The number of ether oxygens (including phenoxy) is 2. The summed E-state index contributed by atoms with van der Waals surface area (Å²) in [6.45, 7) is 5.38. The van der Waals surface area contributed by atoms with Gasteiger partial charge in [-0.15, -0.1) is 12.4 Å². The van der Waals surface area contributed by atoms with Crippen LogP contribution in [0.5, 0.6) is 11.5 Å². The van der Waals surface area contributed by atoms with E-state index in [0.717, 1.165) is 22.3 Å². The van der Waals surface area contributed by atoms with Crippen molar-refractivity contribution in [1.29, 1.82) is 0 Å². The maximum Gasteiger partial charge on any atom is 0.260 e. The number of amides is 1. The molecule has 6 nitrogen and oxygen atoms in total. The number of aromatic nitrogens is 1. The SMILES string of the molecule is COc1cc(OC)cc(C(=O)N(CCN(C)C)c2nc3c(C)cc(C)cc3s2)c1.Cl. The first-order chi connectivity index (χ1) is 13.8. The highest BCUT2D eigenvalue weighted by Gasteiger charge is 2.23. The molecule has 1 amide bonds. The maximum absolute atomic E-state index is 13.5. The molecule has 0 aliphatic carbocycles. The van der Waals surface area contributed by atoms with Gasteiger partial charge in [0.1, 0.15) is 11.5 Å².